The van der Waals surface area contributed by atoms with Crippen molar-refractivity contribution in [2.75, 3.05) is 30.4 Å². The van der Waals surface area contributed by atoms with Crippen molar-refractivity contribution in [3.63, 3.8) is 0 Å². The van der Waals surface area contributed by atoms with Crippen LogP contribution in [-0.4, -0.2) is 35.1 Å². The summed E-state index contributed by atoms with van der Waals surface area (Å²) in [5, 5.41) is 3.34. The molecule has 1 heterocycles. The molecule has 0 unspecified atom stereocenters. The van der Waals surface area contributed by atoms with E-state index in [1.165, 1.54) is 0 Å². The molecule has 0 amide bonds. The number of aromatic nitrogens is 3. The summed E-state index contributed by atoms with van der Waals surface area (Å²) in [6.45, 7) is 10.3. The molecule has 102 valence electrons. The molecule has 0 aliphatic heterocycles. The van der Waals surface area contributed by atoms with Gasteiger partial charge in [-0.2, -0.15) is 15.0 Å². The smallest absolute Gasteiger partial charge is 0.231 e. The Hall–Kier alpha value is -1.10. The van der Waals surface area contributed by atoms with E-state index in [4.69, 9.17) is 11.6 Å². The monoisotopic (exact) mass is 271 g/mol. The Kier molecular flexibility index (Phi) is 5.14. The second-order valence-electron chi connectivity index (χ2n) is 5.57. The summed E-state index contributed by atoms with van der Waals surface area (Å²) in [5.74, 6) is 1.14. The zero-order valence-corrected chi connectivity index (χ0v) is 12.5. The maximum absolute atomic E-state index is 5.92. The summed E-state index contributed by atoms with van der Waals surface area (Å²) < 4.78 is 0. The van der Waals surface area contributed by atoms with Crippen LogP contribution in [0.3, 0.4) is 0 Å². The van der Waals surface area contributed by atoms with Crippen LogP contribution in [-0.2, 0) is 0 Å². The molecule has 1 rings (SSSR count). The normalized spacial score (nSPS) is 11.4. The van der Waals surface area contributed by atoms with Gasteiger partial charge in [-0.15, -0.1) is 0 Å². The quantitative estimate of drug-likeness (QED) is 0.892. The molecule has 0 radical (unpaired) electrons. The number of nitrogens with zero attached hydrogens (tertiary/aromatic N) is 4. The number of hydrogen-bond acceptors (Lipinski definition) is 5. The van der Waals surface area contributed by atoms with Crippen molar-refractivity contribution in [2.24, 2.45) is 5.41 Å². The molecule has 18 heavy (non-hydrogen) atoms. The van der Waals surface area contributed by atoms with Gasteiger partial charge in [-0.25, -0.2) is 0 Å². The van der Waals surface area contributed by atoms with Gasteiger partial charge in [0.2, 0.25) is 17.2 Å². The topological polar surface area (TPSA) is 53.9 Å². The molecular weight excluding hydrogens is 250 g/mol. The average Bonchev–Trinajstić information content (AvgIpc) is 2.23. The largest absolute Gasteiger partial charge is 0.354 e. The van der Waals surface area contributed by atoms with Crippen LogP contribution < -0.4 is 10.2 Å². The molecule has 0 fully saturated rings. The van der Waals surface area contributed by atoms with E-state index in [0.29, 0.717) is 11.9 Å². The third-order valence-electron chi connectivity index (χ3n) is 2.18. The highest BCUT2D eigenvalue weighted by Gasteiger charge is 2.16. The van der Waals surface area contributed by atoms with Gasteiger partial charge in [0.15, 0.2) is 0 Å². The van der Waals surface area contributed by atoms with Crippen molar-refractivity contribution in [3.05, 3.63) is 5.28 Å². The molecule has 0 aliphatic carbocycles. The first-order valence-corrected chi connectivity index (χ1v) is 6.56. The van der Waals surface area contributed by atoms with Crippen LogP contribution in [0.5, 0.6) is 0 Å². The lowest BCUT2D eigenvalue weighted by atomic mass is 9.96. The second kappa shape index (κ2) is 6.18. The second-order valence-corrected chi connectivity index (χ2v) is 5.91. The van der Waals surface area contributed by atoms with Crippen LogP contribution in [0.2, 0.25) is 5.28 Å². The van der Waals surface area contributed by atoms with Crippen molar-refractivity contribution in [1.82, 2.24) is 15.0 Å². The molecule has 6 heteroatoms. The van der Waals surface area contributed by atoms with E-state index in [1.54, 1.807) is 0 Å². The number of hydrogen-bond donors (Lipinski definition) is 1. The third kappa shape index (κ3) is 5.04. The minimum Gasteiger partial charge on any atom is -0.354 e. The molecule has 0 aliphatic rings. The van der Waals surface area contributed by atoms with Gasteiger partial charge in [0, 0.05) is 20.1 Å². The van der Waals surface area contributed by atoms with Crippen LogP contribution in [0, 0.1) is 5.41 Å². The van der Waals surface area contributed by atoms with Gasteiger partial charge in [0.25, 0.3) is 0 Å². The van der Waals surface area contributed by atoms with Gasteiger partial charge in [0.1, 0.15) is 0 Å². The SMILES string of the molecule is CCCNc1nc(Cl)nc(N(C)CC(C)(C)C)n1. The Morgan fingerprint density at radius 2 is 1.89 bits per heavy atom. The van der Waals surface area contributed by atoms with Gasteiger partial charge in [-0.3, -0.25) is 0 Å². The molecule has 0 atom stereocenters. The number of anilines is 2. The van der Waals surface area contributed by atoms with E-state index in [-0.39, 0.29) is 10.7 Å². The van der Waals surface area contributed by atoms with Crippen LogP contribution in [0.15, 0.2) is 0 Å². The molecule has 0 saturated heterocycles. The average molecular weight is 272 g/mol. The van der Waals surface area contributed by atoms with E-state index in [0.717, 1.165) is 19.5 Å². The zero-order valence-electron chi connectivity index (χ0n) is 11.8. The Morgan fingerprint density at radius 3 is 2.44 bits per heavy atom. The highest BCUT2D eigenvalue weighted by atomic mass is 35.5. The summed E-state index contributed by atoms with van der Waals surface area (Å²) in [5.41, 5.74) is 0.171. The minimum atomic E-state index is 0.171. The predicted octanol–water partition coefficient (Wildman–Crippen LogP) is 2.83. The van der Waals surface area contributed by atoms with Gasteiger partial charge in [0.05, 0.1) is 0 Å². The summed E-state index contributed by atoms with van der Waals surface area (Å²) in [4.78, 5) is 14.6. The summed E-state index contributed by atoms with van der Waals surface area (Å²) in [7, 11) is 1.96. The molecule has 0 bridgehead atoms. The van der Waals surface area contributed by atoms with Crippen molar-refractivity contribution in [1.29, 1.82) is 0 Å². The molecule has 1 aromatic heterocycles. The lowest BCUT2D eigenvalue weighted by molar-refractivity contribution is 0.416. The summed E-state index contributed by atoms with van der Waals surface area (Å²) >= 11 is 5.92. The molecule has 0 saturated carbocycles. The van der Waals surface area contributed by atoms with E-state index in [9.17, 15) is 0 Å². The molecular formula is C12H22ClN5. The Balaban J connectivity index is 2.84. The van der Waals surface area contributed by atoms with Crippen LogP contribution >= 0.6 is 11.6 Å². The van der Waals surface area contributed by atoms with Crippen molar-refractivity contribution >= 4 is 23.5 Å². The minimum absolute atomic E-state index is 0.171. The fraction of sp³-hybridized carbons (Fsp3) is 0.750. The first-order valence-electron chi connectivity index (χ1n) is 6.18. The fourth-order valence-electron chi connectivity index (χ4n) is 1.61. The lowest BCUT2D eigenvalue weighted by Crippen LogP contribution is -2.30. The first kappa shape index (κ1) is 15.0. The van der Waals surface area contributed by atoms with Crippen LogP contribution in [0.4, 0.5) is 11.9 Å². The predicted molar refractivity (Wildman–Crippen MR) is 76.3 cm³/mol. The highest BCUT2D eigenvalue weighted by Crippen LogP contribution is 2.19. The Morgan fingerprint density at radius 1 is 1.22 bits per heavy atom. The van der Waals surface area contributed by atoms with Gasteiger partial charge in [-0.1, -0.05) is 27.7 Å². The highest BCUT2D eigenvalue weighted by molar-refractivity contribution is 6.28. The van der Waals surface area contributed by atoms with E-state index >= 15 is 0 Å². The molecule has 0 aromatic carbocycles. The van der Waals surface area contributed by atoms with Gasteiger partial charge >= 0.3 is 0 Å². The zero-order chi connectivity index (χ0) is 13.8. The number of nitrogens with one attached hydrogen (secondary N) is 1. The first-order chi connectivity index (χ1) is 8.31. The number of halogens is 1. The van der Waals surface area contributed by atoms with Crippen molar-refractivity contribution < 1.29 is 0 Å². The van der Waals surface area contributed by atoms with E-state index in [1.807, 2.05) is 11.9 Å². The van der Waals surface area contributed by atoms with Crippen LogP contribution in [0.1, 0.15) is 34.1 Å². The van der Waals surface area contributed by atoms with Gasteiger partial charge < -0.3 is 10.2 Å². The van der Waals surface area contributed by atoms with E-state index < -0.39 is 0 Å². The van der Waals surface area contributed by atoms with Crippen molar-refractivity contribution in [2.45, 2.75) is 34.1 Å². The molecule has 1 aromatic rings. The lowest BCUT2D eigenvalue weighted by Gasteiger charge is -2.26. The van der Waals surface area contributed by atoms with Gasteiger partial charge in [-0.05, 0) is 23.4 Å². The molecule has 5 nitrogen and oxygen atoms in total. The Bertz CT molecular complexity index is 389. The van der Waals surface area contributed by atoms with Crippen LogP contribution in [0.25, 0.3) is 0 Å². The third-order valence-corrected chi connectivity index (χ3v) is 2.35. The maximum Gasteiger partial charge on any atom is 0.231 e. The van der Waals surface area contributed by atoms with E-state index in [2.05, 4.69) is 48.0 Å². The standard InChI is InChI=1S/C12H22ClN5/c1-6-7-14-10-15-9(13)16-11(17-10)18(5)8-12(2,3)4/h6-8H2,1-5H3,(H,14,15,16,17). The molecule has 1 N–H and O–H groups in total. The summed E-state index contributed by atoms with van der Waals surface area (Å²) in [6, 6.07) is 0. The fourth-order valence-corrected chi connectivity index (χ4v) is 1.76. The Labute approximate surface area is 114 Å². The summed E-state index contributed by atoms with van der Waals surface area (Å²) in [6.07, 6.45) is 1.01. The molecule has 0 spiro atoms. The maximum atomic E-state index is 5.92. The van der Waals surface area contributed by atoms with Crippen molar-refractivity contribution in [3.8, 4) is 0 Å². The number of rotatable bonds is 5.